The molecule has 0 N–H and O–H groups in total. The van der Waals surface area contributed by atoms with Gasteiger partial charge in [-0.3, -0.25) is 9.69 Å². The van der Waals surface area contributed by atoms with Gasteiger partial charge in [-0.15, -0.1) is 0 Å². The summed E-state index contributed by atoms with van der Waals surface area (Å²) < 4.78 is 18.9. The maximum atomic E-state index is 12.8. The van der Waals surface area contributed by atoms with E-state index in [0.717, 1.165) is 39.9 Å². The second-order valence-electron chi connectivity index (χ2n) is 7.76. The molecule has 3 aromatic rings. The fourth-order valence-corrected chi connectivity index (χ4v) is 5.09. The Labute approximate surface area is 209 Å². The summed E-state index contributed by atoms with van der Waals surface area (Å²) >= 11 is 6.72. The number of amides is 1. The van der Waals surface area contributed by atoms with Crippen molar-refractivity contribution in [1.29, 1.82) is 0 Å². The summed E-state index contributed by atoms with van der Waals surface area (Å²) in [5.74, 6) is 2.20. The van der Waals surface area contributed by atoms with E-state index in [4.69, 9.17) is 26.4 Å². The molecule has 176 valence electrons. The number of ether oxygens (including phenoxy) is 3. The number of carbonyl (C=O) groups excluding carboxylic acids is 1. The maximum Gasteiger partial charge on any atom is 0.266 e. The summed E-state index contributed by atoms with van der Waals surface area (Å²) in [5, 5.41) is 0. The van der Waals surface area contributed by atoms with Gasteiger partial charge >= 0.3 is 0 Å². The summed E-state index contributed by atoms with van der Waals surface area (Å²) in [6, 6.07) is 17.5. The van der Waals surface area contributed by atoms with Gasteiger partial charge in [0.15, 0.2) is 0 Å². The Morgan fingerprint density at radius 2 is 1.59 bits per heavy atom. The minimum absolute atomic E-state index is 0.0723. The standard InChI is InChI=1S/C26H26N2O4S2/c1-17-15-19(16-24-25(29)27(13-14-30-3)26(33)34-24)18(2)28(17)20-5-7-22(8-6-20)32-23-11-9-21(31-4)10-12-23/h5-12,15-16H,13-14H2,1-4H3/b24-16-. The predicted molar refractivity (Wildman–Crippen MR) is 140 cm³/mol. The summed E-state index contributed by atoms with van der Waals surface area (Å²) in [4.78, 5) is 15.0. The van der Waals surface area contributed by atoms with Crippen LogP contribution in [0.5, 0.6) is 17.2 Å². The van der Waals surface area contributed by atoms with Crippen molar-refractivity contribution in [3.63, 3.8) is 0 Å². The molecule has 8 heteroatoms. The Bertz CT molecular complexity index is 1230. The van der Waals surface area contributed by atoms with Crippen LogP contribution in [0.3, 0.4) is 0 Å². The van der Waals surface area contributed by atoms with Crippen molar-refractivity contribution in [1.82, 2.24) is 9.47 Å². The molecule has 2 aromatic carbocycles. The van der Waals surface area contributed by atoms with Crippen molar-refractivity contribution in [3.05, 3.63) is 76.5 Å². The molecule has 34 heavy (non-hydrogen) atoms. The fraction of sp³-hybridized carbons (Fsp3) is 0.231. The lowest BCUT2D eigenvalue weighted by Crippen LogP contribution is -2.31. The second-order valence-corrected chi connectivity index (χ2v) is 9.44. The van der Waals surface area contributed by atoms with E-state index in [1.165, 1.54) is 11.8 Å². The maximum absolute atomic E-state index is 12.8. The van der Waals surface area contributed by atoms with Gasteiger partial charge in [-0.05, 0) is 80.1 Å². The lowest BCUT2D eigenvalue weighted by atomic mass is 10.2. The van der Waals surface area contributed by atoms with E-state index in [0.29, 0.717) is 22.4 Å². The molecule has 1 amide bonds. The second kappa shape index (κ2) is 10.5. The van der Waals surface area contributed by atoms with Crippen molar-refractivity contribution in [2.45, 2.75) is 13.8 Å². The zero-order valence-electron chi connectivity index (χ0n) is 19.5. The van der Waals surface area contributed by atoms with Crippen LogP contribution in [0, 0.1) is 13.8 Å². The average Bonchev–Trinajstić information content (AvgIpc) is 3.27. The Hall–Kier alpha value is -3.07. The highest BCUT2D eigenvalue weighted by Crippen LogP contribution is 2.34. The minimum atomic E-state index is -0.0723. The zero-order chi connectivity index (χ0) is 24.2. The molecule has 0 radical (unpaired) electrons. The molecular weight excluding hydrogens is 468 g/mol. The largest absolute Gasteiger partial charge is 0.497 e. The van der Waals surface area contributed by atoms with Gasteiger partial charge in [-0.1, -0.05) is 24.0 Å². The van der Waals surface area contributed by atoms with Crippen LogP contribution in [0.25, 0.3) is 11.8 Å². The fourth-order valence-electron chi connectivity index (χ4n) is 3.79. The van der Waals surface area contributed by atoms with Crippen molar-refractivity contribution >= 4 is 40.3 Å². The first-order valence-electron chi connectivity index (χ1n) is 10.8. The van der Waals surface area contributed by atoms with Crippen LogP contribution >= 0.6 is 24.0 Å². The molecular formula is C26H26N2O4S2. The van der Waals surface area contributed by atoms with Gasteiger partial charge in [0.05, 0.1) is 25.2 Å². The van der Waals surface area contributed by atoms with Gasteiger partial charge < -0.3 is 18.8 Å². The van der Waals surface area contributed by atoms with Gasteiger partial charge in [-0.2, -0.15) is 0 Å². The summed E-state index contributed by atoms with van der Waals surface area (Å²) in [7, 11) is 3.25. The van der Waals surface area contributed by atoms with Crippen LogP contribution < -0.4 is 9.47 Å². The number of thioether (sulfide) groups is 1. The lowest BCUT2D eigenvalue weighted by molar-refractivity contribution is -0.122. The highest BCUT2D eigenvalue weighted by molar-refractivity contribution is 8.26. The number of carbonyl (C=O) groups is 1. The molecule has 1 fully saturated rings. The van der Waals surface area contributed by atoms with Gasteiger partial charge in [-0.25, -0.2) is 0 Å². The van der Waals surface area contributed by atoms with Gasteiger partial charge in [0.1, 0.15) is 21.6 Å². The Morgan fingerprint density at radius 3 is 2.21 bits per heavy atom. The number of aromatic nitrogens is 1. The van der Waals surface area contributed by atoms with Gasteiger partial charge in [0.25, 0.3) is 5.91 Å². The smallest absolute Gasteiger partial charge is 0.266 e. The molecule has 0 spiro atoms. The number of benzene rings is 2. The van der Waals surface area contributed by atoms with Crippen LogP contribution in [0.2, 0.25) is 0 Å². The van der Waals surface area contributed by atoms with E-state index in [1.54, 1.807) is 19.1 Å². The van der Waals surface area contributed by atoms with E-state index in [1.807, 2.05) is 61.5 Å². The normalized spacial score (nSPS) is 14.8. The zero-order valence-corrected chi connectivity index (χ0v) is 21.2. The third-order valence-electron chi connectivity index (χ3n) is 5.54. The molecule has 0 aliphatic carbocycles. The number of aryl methyl sites for hydroxylation is 1. The van der Waals surface area contributed by atoms with Crippen LogP contribution in [-0.4, -0.2) is 47.1 Å². The lowest BCUT2D eigenvalue weighted by Gasteiger charge is -2.13. The van der Waals surface area contributed by atoms with E-state index < -0.39 is 0 Å². The number of thiocarbonyl (C=S) groups is 1. The molecule has 1 aliphatic heterocycles. The Balaban J connectivity index is 1.53. The van der Waals surface area contributed by atoms with Crippen molar-refractivity contribution in [3.8, 4) is 22.9 Å². The van der Waals surface area contributed by atoms with E-state index in [2.05, 4.69) is 17.6 Å². The highest BCUT2D eigenvalue weighted by Gasteiger charge is 2.31. The highest BCUT2D eigenvalue weighted by atomic mass is 32.2. The molecule has 6 nitrogen and oxygen atoms in total. The van der Waals surface area contributed by atoms with Crippen molar-refractivity contribution < 1.29 is 19.0 Å². The number of rotatable bonds is 8. The van der Waals surface area contributed by atoms with Gasteiger partial charge in [0, 0.05) is 24.2 Å². The molecule has 0 bridgehead atoms. The molecule has 1 saturated heterocycles. The Kier molecular flexibility index (Phi) is 7.41. The first kappa shape index (κ1) is 24.1. The quantitative estimate of drug-likeness (QED) is 0.294. The number of methoxy groups -OCH3 is 2. The molecule has 0 atom stereocenters. The SMILES string of the molecule is COCCN1C(=O)/C(=C/c2cc(C)n(-c3ccc(Oc4ccc(OC)cc4)cc3)c2C)SC1=S. The van der Waals surface area contributed by atoms with E-state index >= 15 is 0 Å². The molecule has 2 heterocycles. The first-order valence-corrected chi connectivity index (χ1v) is 12.0. The van der Waals surface area contributed by atoms with Crippen molar-refractivity contribution in [2.24, 2.45) is 0 Å². The third-order valence-corrected chi connectivity index (χ3v) is 6.92. The summed E-state index contributed by atoms with van der Waals surface area (Å²) in [6.45, 7) is 5.01. The first-order chi connectivity index (χ1) is 16.4. The average molecular weight is 495 g/mol. The van der Waals surface area contributed by atoms with E-state index in [9.17, 15) is 4.79 Å². The Morgan fingerprint density at radius 1 is 0.971 bits per heavy atom. The predicted octanol–water partition coefficient (Wildman–Crippen LogP) is 5.74. The number of nitrogens with zero attached hydrogens (tertiary/aromatic N) is 2. The number of hydrogen-bond acceptors (Lipinski definition) is 6. The molecule has 0 unspecified atom stereocenters. The number of hydrogen-bond donors (Lipinski definition) is 0. The minimum Gasteiger partial charge on any atom is -0.497 e. The van der Waals surface area contributed by atoms with Crippen LogP contribution in [0.1, 0.15) is 17.0 Å². The topological polar surface area (TPSA) is 52.9 Å². The summed E-state index contributed by atoms with van der Waals surface area (Å²) in [6.07, 6.45) is 1.92. The summed E-state index contributed by atoms with van der Waals surface area (Å²) in [5.41, 5.74) is 4.12. The monoisotopic (exact) mass is 494 g/mol. The van der Waals surface area contributed by atoms with Crippen LogP contribution in [0.15, 0.2) is 59.5 Å². The molecule has 1 aromatic heterocycles. The van der Waals surface area contributed by atoms with Crippen molar-refractivity contribution in [2.75, 3.05) is 27.4 Å². The molecule has 0 saturated carbocycles. The molecule has 4 rings (SSSR count). The molecule has 1 aliphatic rings. The van der Waals surface area contributed by atoms with Gasteiger partial charge in [0.2, 0.25) is 0 Å². The third kappa shape index (κ3) is 5.04. The van der Waals surface area contributed by atoms with Crippen LogP contribution in [0.4, 0.5) is 0 Å². The van der Waals surface area contributed by atoms with Crippen LogP contribution in [-0.2, 0) is 9.53 Å². The van der Waals surface area contributed by atoms with E-state index in [-0.39, 0.29) is 5.91 Å².